The van der Waals surface area contributed by atoms with Gasteiger partial charge in [0.1, 0.15) is 5.82 Å². The van der Waals surface area contributed by atoms with Crippen LogP contribution in [0, 0.1) is 0 Å². The van der Waals surface area contributed by atoms with E-state index >= 15 is 0 Å². The number of anilines is 1. The zero-order valence-corrected chi connectivity index (χ0v) is 14.6. The average molecular weight is 349 g/mol. The highest BCUT2D eigenvalue weighted by Crippen LogP contribution is 2.18. The van der Waals surface area contributed by atoms with Crippen molar-refractivity contribution in [3.8, 4) is 0 Å². The molecule has 7 nitrogen and oxygen atoms in total. The Hall–Kier alpha value is -3.35. The lowest BCUT2D eigenvalue weighted by Gasteiger charge is -2.05. The SMILES string of the molecule is Cn1c(=O)n(C)c2cc(NC(=O)CCc3nc4ccccc4[nH]3)ccc21. The first-order chi connectivity index (χ1) is 12.5. The van der Waals surface area contributed by atoms with E-state index in [2.05, 4.69) is 15.3 Å². The third-order valence-electron chi connectivity index (χ3n) is 4.58. The zero-order chi connectivity index (χ0) is 18.3. The largest absolute Gasteiger partial charge is 0.342 e. The van der Waals surface area contributed by atoms with Crippen molar-refractivity contribution in [3.63, 3.8) is 0 Å². The normalized spacial score (nSPS) is 11.3. The molecule has 0 unspecified atom stereocenters. The van der Waals surface area contributed by atoms with Crippen molar-refractivity contribution in [2.75, 3.05) is 5.32 Å². The number of carbonyl (C=O) groups excluding carboxylic acids is 1. The molecule has 26 heavy (non-hydrogen) atoms. The molecule has 132 valence electrons. The second-order valence-corrected chi connectivity index (χ2v) is 6.35. The van der Waals surface area contributed by atoms with E-state index in [-0.39, 0.29) is 11.6 Å². The lowest BCUT2D eigenvalue weighted by molar-refractivity contribution is -0.116. The minimum atomic E-state index is -0.0919. The van der Waals surface area contributed by atoms with Crippen LogP contribution in [0.2, 0.25) is 0 Å². The van der Waals surface area contributed by atoms with Gasteiger partial charge in [-0.3, -0.25) is 13.9 Å². The fourth-order valence-corrected chi connectivity index (χ4v) is 3.16. The number of fused-ring (bicyclic) bond motifs is 2. The molecule has 0 fully saturated rings. The summed E-state index contributed by atoms with van der Waals surface area (Å²) in [6.45, 7) is 0. The van der Waals surface area contributed by atoms with Crippen LogP contribution in [0.5, 0.6) is 0 Å². The maximum atomic E-state index is 12.3. The number of aryl methyl sites for hydroxylation is 3. The molecular weight excluding hydrogens is 330 g/mol. The molecule has 2 aromatic heterocycles. The smallest absolute Gasteiger partial charge is 0.328 e. The molecule has 7 heteroatoms. The van der Waals surface area contributed by atoms with Crippen LogP contribution in [0.4, 0.5) is 5.69 Å². The summed E-state index contributed by atoms with van der Waals surface area (Å²) >= 11 is 0. The molecule has 0 aliphatic heterocycles. The van der Waals surface area contributed by atoms with Gasteiger partial charge in [0, 0.05) is 32.6 Å². The van der Waals surface area contributed by atoms with Gasteiger partial charge >= 0.3 is 5.69 Å². The van der Waals surface area contributed by atoms with E-state index in [1.807, 2.05) is 36.4 Å². The maximum absolute atomic E-state index is 12.3. The number of carbonyl (C=O) groups is 1. The van der Waals surface area contributed by atoms with Crippen molar-refractivity contribution < 1.29 is 4.79 Å². The van der Waals surface area contributed by atoms with Gasteiger partial charge in [-0.2, -0.15) is 0 Å². The molecule has 0 saturated heterocycles. The lowest BCUT2D eigenvalue weighted by atomic mass is 10.2. The van der Waals surface area contributed by atoms with Crippen LogP contribution in [0.25, 0.3) is 22.1 Å². The Morgan fingerprint density at radius 1 is 1.12 bits per heavy atom. The van der Waals surface area contributed by atoms with E-state index in [1.54, 1.807) is 29.3 Å². The van der Waals surface area contributed by atoms with Gasteiger partial charge in [0.25, 0.3) is 0 Å². The van der Waals surface area contributed by atoms with Gasteiger partial charge in [-0.15, -0.1) is 0 Å². The van der Waals surface area contributed by atoms with Gasteiger partial charge in [0.2, 0.25) is 5.91 Å². The minimum absolute atomic E-state index is 0.0895. The van der Waals surface area contributed by atoms with E-state index in [0.29, 0.717) is 18.5 Å². The van der Waals surface area contributed by atoms with Crippen LogP contribution < -0.4 is 11.0 Å². The Balaban J connectivity index is 1.46. The Morgan fingerprint density at radius 3 is 2.69 bits per heavy atom. The van der Waals surface area contributed by atoms with Crippen LogP contribution in [-0.4, -0.2) is 25.0 Å². The summed E-state index contributed by atoms with van der Waals surface area (Å²) in [4.78, 5) is 32.0. The first kappa shape index (κ1) is 16.1. The van der Waals surface area contributed by atoms with E-state index in [0.717, 1.165) is 27.9 Å². The summed E-state index contributed by atoms with van der Waals surface area (Å²) in [6, 6.07) is 13.2. The van der Waals surface area contributed by atoms with Gasteiger partial charge < -0.3 is 10.3 Å². The number of aromatic nitrogens is 4. The van der Waals surface area contributed by atoms with Crippen molar-refractivity contribution in [1.29, 1.82) is 0 Å². The van der Waals surface area contributed by atoms with Crippen molar-refractivity contribution in [2.45, 2.75) is 12.8 Å². The van der Waals surface area contributed by atoms with Gasteiger partial charge in [0.15, 0.2) is 0 Å². The molecule has 0 radical (unpaired) electrons. The highest BCUT2D eigenvalue weighted by Gasteiger charge is 2.10. The van der Waals surface area contributed by atoms with Gasteiger partial charge in [0.05, 0.1) is 22.1 Å². The fourth-order valence-electron chi connectivity index (χ4n) is 3.16. The number of nitrogens with zero attached hydrogens (tertiary/aromatic N) is 3. The van der Waals surface area contributed by atoms with Crippen LogP contribution >= 0.6 is 0 Å². The third kappa shape index (κ3) is 2.77. The Morgan fingerprint density at radius 2 is 1.88 bits per heavy atom. The van der Waals surface area contributed by atoms with Crippen molar-refractivity contribution in [2.24, 2.45) is 14.1 Å². The standard InChI is InChI=1S/C19H19N5O2/c1-23-15-8-7-12(11-16(15)24(2)19(23)26)20-18(25)10-9-17-21-13-5-3-4-6-14(13)22-17/h3-8,11H,9-10H2,1-2H3,(H,20,25)(H,21,22). The summed E-state index contributed by atoms with van der Waals surface area (Å²) in [7, 11) is 3.45. The molecule has 0 atom stereocenters. The molecule has 2 N–H and O–H groups in total. The molecule has 0 aliphatic carbocycles. The molecule has 0 spiro atoms. The number of hydrogen-bond acceptors (Lipinski definition) is 3. The minimum Gasteiger partial charge on any atom is -0.342 e. The van der Waals surface area contributed by atoms with Crippen molar-refractivity contribution in [3.05, 3.63) is 58.8 Å². The Kier molecular flexibility index (Phi) is 3.84. The molecular formula is C19H19N5O2. The summed E-state index contributed by atoms with van der Waals surface area (Å²) in [5.41, 5.74) is 4.07. The summed E-state index contributed by atoms with van der Waals surface area (Å²) in [6.07, 6.45) is 0.859. The van der Waals surface area contributed by atoms with Crippen molar-refractivity contribution >= 4 is 33.7 Å². The maximum Gasteiger partial charge on any atom is 0.328 e. The van der Waals surface area contributed by atoms with Gasteiger partial charge in [-0.1, -0.05) is 12.1 Å². The van der Waals surface area contributed by atoms with Gasteiger partial charge in [-0.25, -0.2) is 9.78 Å². The predicted octanol–water partition coefficient (Wildman–Crippen LogP) is 2.32. The molecule has 0 bridgehead atoms. The fraction of sp³-hybridized carbons (Fsp3) is 0.211. The van der Waals surface area contributed by atoms with E-state index < -0.39 is 0 Å². The number of imidazole rings is 2. The second-order valence-electron chi connectivity index (χ2n) is 6.35. The lowest BCUT2D eigenvalue weighted by Crippen LogP contribution is -2.19. The number of rotatable bonds is 4. The van der Waals surface area contributed by atoms with Crippen LogP contribution in [0.3, 0.4) is 0 Å². The first-order valence-corrected chi connectivity index (χ1v) is 8.42. The molecule has 4 aromatic rings. The first-order valence-electron chi connectivity index (χ1n) is 8.42. The average Bonchev–Trinajstić information content (AvgIpc) is 3.15. The number of para-hydroxylation sites is 2. The van der Waals surface area contributed by atoms with Crippen molar-refractivity contribution in [1.82, 2.24) is 19.1 Å². The summed E-state index contributed by atoms with van der Waals surface area (Å²) in [5, 5.41) is 2.89. The second kappa shape index (κ2) is 6.18. The van der Waals surface area contributed by atoms with Crippen LogP contribution in [-0.2, 0) is 25.3 Å². The highest BCUT2D eigenvalue weighted by atomic mass is 16.2. The number of nitrogens with one attached hydrogen (secondary N) is 2. The predicted molar refractivity (Wildman–Crippen MR) is 101 cm³/mol. The topological polar surface area (TPSA) is 84.7 Å². The molecule has 2 heterocycles. The van der Waals surface area contributed by atoms with Gasteiger partial charge in [-0.05, 0) is 30.3 Å². The molecule has 0 saturated carbocycles. The zero-order valence-electron chi connectivity index (χ0n) is 14.6. The quantitative estimate of drug-likeness (QED) is 0.593. The molecule has 0 aliphatic rings. The number of H-pyrrole nitrogens is 1. The highest BCUT2D eigenvalue weighted by molar-refractivity contribution is 5.93. The van der Waals surface area contributed by atoms with E-state index in [9.17, 15) is 9.59 Å². The molecule has 2 aromatic carbocycles. The van der Waals surface area contributed by atoms with E-state index in [1.165, 1.54) is 0 Å². The van der Waals surface area contributed by atoms with Crippen LogP contribution in [0.1, 0.15) is 12.2 Å². The van der Waals surface area contributed by atoms with E-state index in [4.69, 9.17) is 0 Å². The summed E-state index contributed by atoms with van der Waals surface area (Å²) in [5.74, 6) is 0.702. The Bertz CT molecular complexity index is 1150. The number of benzene rings is 2. The van der Waals surface area contributed by atoms with Crippen LogP contribution in [0.15, 0.2) is 47.3 Å². The third-order valence-corrected chi connectivity index (χ3v) is 4.58. The summed E-state index contributed by atoms with van der Waals surface area (Å²) < 4.78 is 3.15. The molecule has 4 rings (SSSR count). The number of amides is 1. The monoisotopic (exact) mass is 349 g/mol. The Labute approximate surface area is 149 Å². The molecule has 1 amide bonds. The number of aromatic amines is 1. The number of hydrogen-bond donors (Lipinski definition) is 2.